The van der Waals surface area contributed by atoms with Gasteiger partial charge in [-0.15, -0.1) is 0 Å². The second-order valence-corrected chi connectivity index (χ2v) is 8.66. The molecule has 0 spiro atoms. The monoisotopic (exact) mass is 506 g/mol. The third kappa shape index (κ3) is 5.35. The van der Waals surface area contributed by atoms with Gasteiger partial charge in [0.25, 0.3) is 0 Å². The number of aromatic nitrogens is 3. The molecule has 0 amide bonds. The number of carboxylic acid groups (broad SMARTS) is 1. The average molecular weight is 507 g/mol. The molecule has 0 saturated heterocycles. The number of carbonyl (C=O) groups is 1. The Hall–Kier alpha value is -4.14. The first kappa shape index (κ1) is 25.9. The number of nitrogens with one attached hydrogen (secondary N) is 1. The van der Waals surface area contributed by atoms with Crippen LogP contribution in [0, 0.1) is 12.7 Å². The minimum Gasteiger partial charge on any atom is -0.496 e. The van der Waals surface area contributed by atoms with Crippen LogP contribution in [0.3, 0.4) is 0 Å². The number of hydrogen-bond acceptors (Lipinski definition) is 6. The fourth-order valence-electron chi connectivity index (χ4n) is 4.61. The van der Waals surface area contributed by atoms with E-state index in [-0.39, 0.29) is 11.4 Å². The van der Waals surface area contributed by atoms with Crippen LogP contribution in [0.1, 0.15) is 41.9 Å². The molecule has 0 atom stereocenters. The van der Waals surface area contributed by atoms with Crippen LogP contribution in [0.25, 0.3) is 22.2 Å². The van der Waals surface area contributed by atoms with Crippen LogP contribution in [-0.4, -0.2) is 45.9 Å². The highest BCUT2D eigenvalue weighted by Crippen LogP contribution is 2.32. The number of halogens is 1. The molecule has 37 heavy (non-hydrogen) atoms. The Bertz CT molecular complexity index is 1410. The minimum absolute atomic E-state index is 0.193. The number of fused-ring (bicyclic) bond motifs is 1. The average Bonchev–Trinajstić information content (AvgIpc) is 3.21. The van der Waals surface area contributed by atoms with E-state index in [1.54, 1.807) is 19.2 Å². The molecule has 0 saturated carbocycles. The van der Waals surface area contributed by atoms with Gasteiger partial charge in [0, 0.05) is 35.8 Å². The van der Waals surface area contributed by atoms with Crippen molar-refractivity contribution in [1.29, 1.82) is 0 Å². The number of aryl methyl sites for hydroxylation is 2. The summed E-state index contributed by atoms with van der Waals surface area (Å²) in [5.74, 6) is 0.261. The Morgan fingerprint density at radius 1 is 1.14 bits per heavy atom. The fraction of sp³-hybridized carbons (Fsp3) is 0.321. The SMILES string of the molecule is CCCc1cc(-c2cc(NCCn3c(C)cc4c(OC)ccc(F)c43)ncn2)cc(OCC)c1C(=O)O. The third-order valence-electron chi connectivity index (χ3n) is 6.22. The van der Waals surface area contributed by atoms with Crippen molar-refractivity contribution in [3.63, 3.8) is 0 Å². The van der Waals surface area contributed by atoms with Crippen LogP contribution in [-0.2, 0) is 13.0 Å². The Kier molecular flexibility index (Phi) is 7.91. The van der Waals surface area contributed by atoms with E-state index in [0.29, 0.717) is 60.2 Å². The van der Waals surface area contributed by atoms with E-state index in [2.05, 4.69) is 15.3 Å². The van der Waals surface area contributed by atoms with Gasteiger partial charge in [0.1, 0.15) is 35.0 Å². The Balaban J connectivity index is 1.58. The molecule has 8 nitrogen and oxygen atoms in total. The number of hydrogen-bond donors (Lipinski definition) is 2. The third-order valence-corrected chi connectivity index (χ3v) is 6.22. The van der Waals surface area contributed by atoms with Crippen LogP contribution < -0.4 is 14.8 Å². The van der Waals surface area contributed by atoms with Crippen molar-refractivity contribution in [3.05, 3.63) is 65.4 Å². The maximum Gasteiger partial charge on any atom is 0.339 e. The van der Waals surface area contributed by atoms with Gasteiger partial charge in [-0.1, -0.05) is 13.3 Å². The molecule has 0 aliphatic heterocycles. The lowest BCUT2D eigenvalue weighted by molar-refractivity contribution is 0.0691. The molecule has 9 heteroatoms. The summed E-state index contributed by atoms with van der Waals surface area (Å²) in [6.07, 6.45) is 2.87. The van der Waals surface area contributed by atoms with Gasteiger partial charge in [-0.2, -0.15) is 0 Å². The van der Waals surface area contributed by atoms with Crippen LogP contribution in [0.4, 0.5) is 10.2 Å². The zero-order valence-corrected chi connectivity index (χ0v) is 21.5. The molecule has 194 valence electrons. The van der Waals surface area contributed by atoms with Crippen molar-refractivity contribution in [3.8, 4) is 22.8 Å². The number of ether oxygens (including phenoxy) is 2. The second kappa shape index (κ2) is 11.3. The molecule has 0 radical (unpaired) electrons. The van der Waals surface area contributed by atoms with Crippen molar-refractivity contribution in [2.24, 2.45) is 0 Å². The van der Waals surface area contributed by atoms with Crippen molar-refractivity contribution in [1.82, 2.24) is 14.5 Å². The van der Waals surface area contributed by atoms with Crippen LogP contribution in [0.2, 0.25) is 0 Å². The lowest BCUT2D eigenvalue weighted by Crippen LogP contribution is -2.13. The fourth-order valence-corrected chi connectivity index (χ4v) is 4.61. The van der Waals surface area contributed by atoms with Crippen molar-refractivity contribution >= 4 is 22.7 Å². The smallest absolute Gasteiger partial charge is 0.339 e. The van der Waals surface area contributed by atoms with Crippen LogP contribution in [0.5, 0.6) is 11.5 Å². The summed E-state index contributed by atoms with van der Waals surface area (Å²) in [6.45, 7) is 7.13. The molecule has 4 rings (SSSR count). The molecule has 0 fully saturated rings. The number of methoxy groups -OCH3 is 1. The van der Waals surface area contributed by atoms with Crippen LogP contribution >= 0.6 is 0 Å². The summed E-state index contributed by atoms with van der Waals surface area (Å²) in [7, 11) is 1.57. The summed E-state index contributed by atoms with van der Waals surface area (Å²) < 4.78 is 27.6. The lowest BCUT2D eigenvalue weighted by Gasteiger charge is -2.15. The molecule has 4 aromatic rings. The molecule has 0 unspecified atom stereocenters. The van der Waals surface area contributed by atoms with E-state index in [4.69, 9.17) is 9.47 Å². The molecular formula is C28H31FN4O4. The Morgan fingerprint density at radius 2 is 1.95 bits per heavy atom. The quantitative estimate of drug-likeness (QED) is 0.269. The van der Waals surface area contributed by atoms with Gasteiger partial charge < -0.3 is 24.5 Å². The molecule has 2 aromatic heterocycles. The van der Waals surface area contributed by atoms with Gasteiger partial charge in [0.15, 0.2) is 0 Å². The van der Waals surface area contributed by atoms with E-state index in [0.717, 1.165) is 23.1 Å². The summed E-state index contributed by atoms with van der Waals surface area (Å²) in [4.78, 5) is 20.7. The number of anilines is 1. The van der Waals surface area contributed by atoms with E-state index >= 15 is 0 Å². The maximum absolute atomic E-state index is 14.7. The van der Waals surface area contributed by atoms with E-state index in [1.165, 1.54) is 12.4 Å². The van der Waals surface area contributed by atoms with Gasteiger partial charge in [-0.05, 0) is 56.2 Å². The molecule has 2 N–H and O–H groups in total. The highest BCUT2D eigenvalue weighted by Gasteiger charge is 2.19. The lowest BCUT2D eigenvalue weighted by atomic mass is 9.97. The number of aromatic carboxylic acids is 1. The Labute approximate surface area is 215 Å². The number of rotatable bonds is 11. The molecule has 0 aliphatic carbocycles. The number of benzene rings is 2. The minimum atomic E-state index is -1.01. The normalized spacial score (nSPS) is 11.1. The maximum atomic E-state index is 14.7. The van der Waals surface area contributed by atoms with E-state index in [1.807, 2.05) is 43.5 Å². The van der Waals surface area contributed by atoms with Crippen LogP contribution in [0.15, 0.2) is 42.7 Å². The summed E-state index contributed by atoms with van der Waals surface area (Å²) >= 11 is 0. The molecule has 2 heterocycles. The first-order chi connectivity index (χ1) is 17.9. The first-order valence-electron chi connectivity index (χ1n) is 12.3. The largest absolute Gasteiger partial charge is 0.496 e. The standard InChI is InChI=1S/C28H31FN4O4/c1-5-7-18-13-19(14-24(37-6-2)26(18)28(34)35)22-15-25(32-16-31-22)30-10-11-33-17(3)12-20-23(36-4)9-8-21(29)27(20)33/h8-9,12-16H,5-7,10-11H2,1-4H3,(H,34,35)(H,30,31,32). The second-order valence-electron chi connectivity index (χ2n) is 8.66. The van der Waals surface area contributed by atoms with Crippen molar-refractivity contribution < 1.29 is 23.8 Å². The van der Waals surface area contributed by atoms with Gasteiger partial charge in [-0.3, -0.25) is 0 Å². The zero-order chi connectivity index (χ0) is 26.5. The van der Waals surface area contributed by atoms with Gasteiger partial charge in [0.05, 0.1) is 24.9 Å². The molecule has 0 aliphatic rings. The summed E-state index contributed by atoms with van der Waals surface area (Å²) in [6, 6.07) is 10.3. The molecule has 2 aromatic carbocycles. The zero-order valence-electron chi connectivity index (χ0n) is 21.5. The summed E-state index contributed by atoms with van der Waals surface area (Å²) in [5, 5.41) is 13.8. The number of nitrogens with zero attached hydrogens (tertiary/aromatic N) is 3. The van der Waals surface area contributed by atoms with E-state index in [9.17, 15) is 14.3 Å². The van der Waals surface area contributed by atoms with Gasteiger partial charge in [-0.25, -0.2) is 19.2 Å². The van der Waals surface area contributed by atoms with E-state index < -0.39 is 5.97 Å². The summed E-state index contributed by atoms with van der Waals surface area (Å²) in [5.41, 5.74) is 3.73. The number of carboxylic acids is 1. The highest BCUT2D eigenvalue weighted by molar-refractivity contribution is 5.94. The van der Waals surface area contributed by atoms with Crippen molar-refractivity contribution in [2.75, 3.05) is 25.6 Å². The van der Waals surface area contributed by atoms with Gasteiger partial charge in [0.2, 0.25) is 0 Å². The highest BCUT2D eigenvalue weighted by atomic mass is 19.1. The molecule has 0 bridgehead atoms. The predicted molar refractivity (Wildman–Crippen MR) is 141 cm³/mol. The van der Waals surface area contributed by atoms with Crippen molar-refractivity contribution in [2.45, 2.75) is 40.2 Å². The van der Waals surface area contributed by atoms with Gasteiger partial charge >= 0.3 is 5.97 Å². The Morgan fingerprint density at radius 3 is 2.65 bits per heavy atom. The topological polar surface area (TPSA) is 98.5 Å². The molecular weight excluding hydrogens is 475 g/mol. The predicted octanol–water partition coefficient (Wildman–Crippen LogP) is 5.72. The first-order valence-corrected chi connectivity index (χ1v) is 12.3.